The molecule has 0 spiro atoms. The van der Waals surface area contributed by atoms with Gasteiger partial charge in [-0.1, -0.05) is 38.1 Å². The van der Waals surface area contributed by atoms with Crippen molar-refractivity contribution in [2.24, 2.45) is 5.92 Å². The Balaban J connectivity index is 1.91. The highest BCUT2D eigenvalue weighted by atomic mass is 79.9. The lowest BCUT2D eigenvalue weighted by Gasteiger charge is -2.31. The number of nitrogens with zero attached hydrogens (tertiary/aromatic N) is 1. The highest BCUT2D eigenvalue weighted by molar-refractivity contribution is 9.10. The zero-order chi connectivity index (χ0) is 21.6. The van der Waals surface area contributed by atoms with E-state index < -0.39 is 17.5 Å². The summed E-state index contributed by atoms with van der Waals surface area (Å²) < 4.78 is 20.4. The number of pyridine rings is 1. The molecule has 0 radical (unpaired) electrons. The fourth-order valence-electron chi connectivity index (χ4n) is 3.87. The van der Waals surface area contributed by atoms with Crippen molar-refractivity contribution in [1.82, 2.24) is 15.6 Å². The van der Waals surface area contributed by atoms with E-state index in [-0.39, 0.29) is 17.6 Å². The van der Waals surface area contributed by atoms with Crippen molar-refractivity contribution in [3.63, 3.8) is 0 Å². The van der Waals surface area contributed by atoms with Gasteiger partial charge in [-0.3, -0.25) is 10.1 Å². The van der Waals surface area contributed by atoms with Gasteiger partial charge in [0.15, 0.2) is 5.54 Å². The molecule has 1 aliphatic heterocycles. The van der Waals surface area contributed by atoms with Crippen molar-refractivity contribution in [3.05, 3.63) is 58.3 Å². The summed E-state index contributed by atoms with van der Waals surface area (Å²) in [6, 6.07) is 11.4. The summed E-state index contributed by atoms with van der Waals surface area (Å²) in [4.78, 5) is 29.3. The van der Waals surface area contributed by atoms with Gasteiger partial charge in [-0.25, -0.2) is 14.2 Å². The molecule has 4 rings (SSSR count). The molecule has 154 valence electrons. The summed E-state index contributed by atoms with van der Waals surface area (Å²) in [5.41, 5.74) is 0.338. The number of urea groups is 1. The van der Waals surface area contributed by atoms with Crippen LogP contribution in [-0.4, -0.2) is 24.0 Å². The summed E-state index contributed by atoms with van der Waals surface area (Å²) in [6.07, 6.45) is 0. The molecule has 0 saturated carbocycles. The molecule has 30 heavy (non-hydrogen) atoms. The Kier molecular flexibility index (Phi) is 4.97. The fraction of sp³-hybridized carbons (Fsp3) is 0.227. The number of carbonyl (C=O) groups is 2. The lowest BCUT2D eigenvalue weighted by atomic mass is 9.80. The molecule has 0 aliphatic carbocycles. The van der Waals surface area contributed by atoms with Crippen LogP contribution in [0, 0.1) is 11.7 Å². The molecule has 3 aromatic rings. The number of nitrogens with one attached hydrogen (secondary N) is 2. The van der Waals surface area contributed by atoms with E-state index in [4.69, 9.17) is 4.74 Å². The monoisotopic (exact) mass is 471 g/mol. The smallest absolute Gasteiger partial charge is 0.322 e. The Bertz CT molecular complexity index is 1200. The molecule has 0 bridgehead atoms. The molecule has 6 nitrogen and oxygen atoms in total. The van der Waals surface area contributed by atoms with Crippen molar-refractivity contribution < 1.29 is 18.7 Å². The van der Waals surface area contributed by atoms with Gasteiger partial charge in [0.2, 0.25) is 5.88 Å². The Labute approximate surface area is 181 Å². The van der Waals surface area contributed by atoms with E-state index in [0.717, 1.165) is 5.39 Å². The molecule has 2 heterocycles. The van der Waals surface area contributed by atoms with Gasteiger partial charge >= 0.3 is 6.03 Å². The van der Waals surface area contributed by atoms with Gasteiger partial charge in [0.05, 0.1) is 18.4 Å². The normalized spacial score (nSPS) is 18.6. The molecule has 1 atom stereocenters. The first kappa shape index (κ1) is 20.3. The minimum Gasteiger partial charge on any atom is -0.481 e. The zero-order valence-corrected chi connectivity index (χ0v) is 18.1. The molecule has 8 heteroatoms. The van der Waals surface area contributed by atoms with Crippen molar-refractivity contribution >= 4 is 38.6 Å². The molecule has 2 aromatic carbocycles. The number of fused-ring (bicyclic) bond motifs is 1. The van der Waals surface area contributed by atoms with Crippen LogP contribution in [0.5, 0.6) is 5.88 Å². The molecular formula is C22H19BrFN3O3. The maximum Gasteiger partial charge on any atom is 0.322 e. The van der Waals surface area contributed by atoms with E-state index in [1.807, 2.05) is 32.0 Å². The average Bonchev–Trinajstić information content (AvgIpc) is 3.03. The van der Waals surface area contributed by atoms with E-state index in [0.29, 0.717) is 26.7 Å². The molecule has 1 aliphatic rings. The van der Waals surface area contributed by atoms with E-state index in [1.165, 1.54) is 13.2 Å². The maximum atomic E-state index is 14.3. The predicted molar refractivity (Wildman–Crippen MR) is 115 cm³/mol. The van der Waals surface area contributed by atoms with E-state index in [1.54, 1.807) is 18.2 Å². The van der Waals surface area contributed by atoms with Crippen molar-refractivity contribution in [2.75, 3.05) is 7.11 Å². The van der Waals surface area contributed by atoms with Crippen molar-refractivity contribution in [2.45, 2.75) is 19.4 Å². The van der Waals surface area contributed by atoms with Gasteiger partial charge in [0.25, 0.3) is 5.91 Å². The topological polar surface area (TPSA) is 80.3 Å². The Morgan fingerprint density at radius 1 is 1.17 bits per heavy atom. The molecule has 1 unspecified atom stereocenters. The number of aromatic nitrogens is 1. The van der Waals surface area contributed by atoms with Crippen LogP contribution in [0.3, 0.4) is 0 Å². The van der Waals surface area contributed by atoms with Crippen LogP contribution < -0.4 is 15.4 Å². The lowest BCUT2D eigenvalue weighted by molar-refractivity contribution is -0.125. The molecule has 1 fully saturated rings. The second-order valence-electron chi connectivity index (χ2n) is 7.42. The first-order chi connectivity index (χ1) is 14.3. The highest BCUT2D eigenvalue weighted by Gasteiger charge is 2.52. The summed E-state index contributed by atoms with van der Waals surface area (Å²) in [7, 11) is 1.45. The summed E-state index contributed by atoms with van der Waals surface area (Å²) in [5.74, 6) is -0.853. The number of ether oxygens (including phenoxy) is 1. The number of imide groups is 1. The number of amides is 3. The summed E-state index contributed by atoms with van der Waals surface area (Å²) in [6.45, 7) is 3.66. The van der Waals surface area contributed by atoms with Crippen LogP contribution in [-0.2, 0) is 10.3 Å². The van der Waals surface area contributed by atoms with Crippen molar-refractivity contribution in [3.8, 4) is 17.1 Å². The first-order valence-electron chi connectivity index (χ1n) is 9.35. The van der Waals surface area contributed by atoms with Crippen LogP contribution in [0.25, 0.3) is 22.0 Å². The number of rotatable bonds is 4. The Morgan fingerprint density at radius 3 is 2.57 bits per heavy atom. The highest BCUT2D eigenvalue weighted by Crippen LogP contribution is 2.41. The van der Waals surface area contributed by atoms with E-state index >= 15 is 0 Å². The van der Waals surface area contributed by atoms with Gasteiger partial charge in [-0.15, -0.1) is 0 Å². The van der Waals surface area contributed by atoms with Crippen LogP contribution in [0.1, 0.15) is 19.4 Å². The third-order valence-corrected chi connectivity index (χ3v) is 6.03. The largest absolute Gasteiger partial charge is 0.481 e. The first-order valence-corrected chi connectivity index (χ1v) is 10.1. The van der Waals surface area contributed by atoms with Gasteiger partial charge in [0, 0.05) is 15.4 Å². The Morgan fingerprint density at radius 2 is 1.93 bits per heavy atom. The van der Waals surface area contributed by atoms with E-state index in [9.17, 15) is 14.0 Å². The maximum absolute atomic E-state index is 14.3. The molecular weight excluding hydrogens is 453 g/mol. The van der Waals surface area contributed by atoms with Gasteiger partial charge in [-0.05, 0) is 45.4 Å². The lowest BCUT2D eigenvalue weighted by Crippen LogP contribution is -2.48. The van der Waals surface area contributed by atoms with Gasteiger partial charge in [-0.2, -0.15) is 0 Å². The standard InChI is InChI=1S/C22H19BrFN3O3/c1-11(2)22(20(28)26-21(29)27-22)15-10-16(23)18(25-19(15)30-3)13-8-7-12-5-4-6-17(24)14(12)9-13/h4-11H,1-3H3,(H2,26,27,28,29). The van der Waals surface area contributed by atoms with Crippen LogP contribution in [0.2, 0.25) is 0 Å². The number of methoxy groups -OCH3 is 1. The van der Waals surface area contributed by atoms with Crippen molar-refractivity contribution in [1.29, 1.82) is 0 Å². The predicted octanol–water partition coefficient (Wildman–Crippen LogP) is 4.50. The molecule has 1 aromatic heterocycles. The average molecular weight is 472 g/mol. The number of carbonyl (C=O) groups excluding carboxylic acids is 2. The molecule has 3 amide bonds. The zero-order valence-electron chi connectivity index (χ0n) is 16.5. The number of benzene rings is 2. The van der Waals surface area contributed by atoms with Gasteiger partial charge < -0.3 is 10.1 Å². The quantitative estimate of drug-likeness (QED) is 0.548. The van der Waals surface area contributed by atoms with Crippen LogP contribution >= 0.6 is 15.9 Å². The minimum atomic E-state index is -1.31. The second-order valence-corrected chi connectivity index (χ2v) is 8.28. The molecule has 1 saturated heterocycles. The summed E-state index contributed by atoms with van der Waals surface area (Å²) in [5, 5.41) is 6.30. The third-order valence-electron chi connectivity index (χ3n) is 5.42. The van der Waals surface area contributed by atoms with Crippen LogP contribution in [0.4, 0.5) is 9.18 Å². The minimum absolute atomic E-state index is 0.202. The second kappa shape index (κ2) is 7.36. The molecule has 2 N–H and O–H groups in total. The van der Waals surface area contributed by atoms with Gasteiger partial charge in [0.1, 0.15) is 5.82 Å². The number of hydrogen-bond donors (Lipinski definition) is 2. The Hall–Kier alpha value is -3.00. The van der Waals surface area contributed by atoms with E-state index in [2.05, 4.69) is 31.5 Å². The third kappa shape index (κ3) is 3.02. The summed E-state index contributed by atoms with van der Waals surface area (Å²) >= 11 is 3.53. The number of hydrogen-bond acceptors (Lipinski definition) is 4. The number of halogens is 2. The fourth-order valence-corrected chi connectivity index (χ4v) is 4.42. The SMILES string of the molecule is COc1nc(-c2ccc3cccc(F)c3c2)c(Br)cc1C1(C(C)C)NC(=O)NC1=O. The van der Waals surface area contributed by atoms with Crippen LogP contribution in [0.15, 0.2) is 46.9 Å².